The minimum atomic E-state index is -0.306. The van der Waals surface area contributed by atoms with Crippen molar-refractivity contribution in [2.45, 2.75) is 57.6 Å². The van der Waals surface area contributed by atoms with Gasteiger partial charge in [-0.1, -0.05) is 12.8 Å². The molecule has 0 bridgehead atoms. The zero-order valence-corrected chi connectivity index (χ0v) is 11.4. The fourth-order valence-electron chi connectivity index (χ4n) is 2.84. The van der Waals surface area contributed by atoms with Gasteiger partial charge in [-0.2, -0.15) is 0 Å². The Hall–Kier alpha value is -0.610. The van der Waals surface area contributed by atoms with Gasteiger partial charge >= 0.3 is 0 Å². The molecule has 1 saturated heterocycles. The third-order valence-corrected chi connectivity index (χ3v) is 4.13. The van der Waals surface area contributed by atoms with Crippen molar-refractivity contribution in [1.29, 1.82) is 0 Å². The molecule has 1 amide bonds. The fraction of sp³-hybridized carbons (Fsp3) is 0.929. The van der Waals surface area contributed by atoms with E-state index in [4.69, 9.17) is 4.74 Å². The molecule has 2 rings (SSSR count). The number of nitrogens with one attached hydrogen (secondary N) is 2. The molecule has 4 heteroatoms. The van der Waals surface area contributed by atoms with Crippen LogP contribution >= 0.6 is 0 Å². The average molecular weight is 254 g/mol. The lowest BCUT2D eigenvalue weighted by Gasteiger charge is -2.18. The fourth-order valence-corrected chi connectivity index (χ4v) is 2.84. The normalized spacial score (nSPS) is 26.4. The second-order valence-corrected chi connectivity index (χ2v) is 5.65. The summed E-state index contributed by atoms with van der Waals surface area (Å²) in [4.78, 5) is 11.9. The Morgan fingerprint density at radius 1 is 1.39 bits per heavy atom. The average Bonchev–Trinajstić information content (AvgIpc) is 3.01. The number of carbonyl (C=O) groups is 1. The lowest BCUT2D eigenvalue weighted by molar-refractivity contribution is -0.132. The van der Waals surface area contributed by atoms with Gasteiger partial charge in [-0.05, 0) is 51.6 Å². The minimum Gasteiger partial charge on any atom is -0.369 e. The number of rotatable bonds is 6. The molecule has 0 aromatic carbocycles. The predicted molar refractivity (Wildman–Crippen MR) is 71.4 cm³/mol. The number of ether oxygens (including phenoxy) is 1. The van der Waals surface area contributed by atoms with E-state index >= 15 is 0 Å². The third kappa shape index (κ3) is 4.25. The van der Waals surface area contributed by atoms with Crippen LogP contribution in [-0.4, -0.2) is 37.7 Å². The Labute approximate surface area is 110 Å². The van der Waals surface area contributed by atoms with Crippen molar-refractivity contribution in [3.05, 3.63) is 0 Å². The minimum absolute atomic E-state index is 0.0615. The van der Waals surface area contributed by atoms with Gasteiger partial charge in [0.05, 0.1) is 0 Å². The van der Waals surface area contributed by atoms with Gasteiger partial charge in [-0.15, -0.1) is 0 Å². The van der Waals surface area contributed by atoms with E-state index in [0.717, 1.165) is 38.3 Å². The van der Waals surface area contributed by atoms with E-state index in [2.05, 4.69) is 10.6 Å². The van der Waals surface area contributed by atoms with Gasteiger partial charge in [-0.3, -0.25) is 4.79 Å². The van der Waals surface area contributed by atoms with Crippen molar-refractivity contribution < 1.29 is 9.53 Å². The van der Waals surface area contributed by atoms with Crippen LogP contribution in [0.3, 0.4) is 0 Å². The van der Waals surface area contributed by atoms with Crippen LogP contribution in [0.15, 0.2) is 0 Å². The maximum Gasteiger partial charge on any atom is 0.249 e. The highest BCUT2D eigenvalue weighted by Crippen LogP contribution is 2.18. The Morgan fingerprint density at radius 2 is 2.17 bits per heavy atom. The Kier molecular flexibility index (Phi) is 5.45. The molecule has 2 aliphatic rings. The Bertz CT molecular complexity index is 259. The summed E-state index contributed by atoms with van der Waals surface area (Å²) in [6.45, 7) is 4.79. The van der Waals surface area contributed by atoms with Crippen LogP contribution in [0.1, 0.15) is 45.4 Å². The molecule has 0 aromatic rings. The van der Waals surface area contributed by atoms with Crippen molar-refractivity contribution in [3.63, 3.8) is 0 Å². The van der Waals surface area contributed by atoms with Gasteiger partial charge in [0.15, 0.2) is 0 Å². The monoisotopic (exact) mass is 254 g/mol. The summed E-state index contributed by atoms with van der Waals surface area (Å²) < 4.78 is 5.64. The molecule has 1 aliphatic heterocycles. The number of amides is 1. The molecular weight excluding hydrogens is 228 g/mol. The molecule has 0 radical (unpaired) electrons. The lowest BCUT2D eigenvalue weighted by Crippen LogP contribution is -2.40. The SMILES string of the molecule is CC(OCCC1CCNC1)C(=O)NC1CCCC1. The highest BCUT2D eigenvalue weighted by Gasteiger charge is 2.21. The summed E-state index contributed by atoms with van der Waals surface area (Å²) in [6, 6.07) is 0.391. The molecule has 1 heterocycles. The molecule has 104 valence electrons. The van der Waals surface area contributed by atoms with E-state index in [1.165, 1.54) is 19.3 Å². The molecule has 2 atom stereocenters. The molecular formula is C14H26N2O2. The van der Waals surface area contributed by atoms with Gasteiger partial charge in [0, 0.05) is 12.6 Å². The van der Waals surface area contributed by atoms with E-state index in [1.54, 1.807) is 0 Å². The zero-order chi connectivity index (χ0) is 12.8. The number of carbonyl (C=O) groups excluding carboxylic acids is 1. The molecule has 1 aliphatic carbocycles. The first kappa shape index (κ1) is 13.8. The van der Waals surface area contributed by atoms with Crippen LogP contribution < -0.4 is 10.6 Å². The van der Waals surface area contributed by atoms with Crippen molar-refractivity contribution in [2.24, 2.45) is 5.92 Å². The molecule has 4 nitrogen and oxygen atoms in total. The zero-order valence-electron chi connectivity index (χ0n) is 11.4. The molecule has 0 aromatic heterocycles. The summed E-state index contributed by atoms with van der Waals surface area (Å²) in [5, 5.41) is 6.43. The van der Waals surface area contributed by atoms with Gasteiger partial charge in [0.2, 0.25) is 5.91 Å². The highest BCUT2D eigenvalue weighted by atomic mass is 16.5. The first-order valence-corrected chi connectivity index (χ1v) is 7.38. The van der Waals surface area contributed by atoms with Gasteiger partial charge in [0.1, 0.15) is 6.10 Å². The number of hydrogen-bond donors (Lipinski definition) is 2. The highest BCUT2D eigenvalue weighted by molar-refractivity contribution is 5.80. The van der Waals surface area contributed by atoms with E-state index in [-0.39, 0.29) is 12.0 Å². The molecule has 1 saturated carbocycles. The van der Waals surface area contributed by atoms with Gasteiger partial charge < -0.3 is 15.4 Å². The smallest absolute Gasteiger partial charge is 0.249 e. The standard InChI is InChI=1S/C14H26N2O2/c1-11(14(17)16-13-4-2-3-5-13)18-9-7-12-6-8-15-10-12/h11-13,15H,2-10H2,1H3,(H,16,17). The summed E-state index contributed by atoms with van der Waals surface area (Å²) in [7, 11) is 0. The maximum absolute atomic E-state index is 11.9. The molecule has 0 spiro atoms. The van der Waals surface area contributed by atoms with Gasteiger partial charge in [-0.25, -0.2) is 0 Å². The van der Waals surface area contributed by atoms with Crippen molar-refractivity contribution in [2.75, 3.05) is 19.7 Å². The largest absolute Gasteiger partial charge is 0.369 e. The topological polar surface area (TPSA) is 50.4 Å². The molecule has 18 heavy (non-hydrogen) atoms. The molecule has 2 fully saturated rings. The lowest BCUT2D eigenvalue weighted by atomic mass is 10.1. The quantitative estimate of drug-likeness (QED) is 0.754. The van der Waals surface area contributed by atoms with Crippen LogP contribution in [-0.2, 0) is 9.53 Å². The molecule has 2 N–H and O–H groups in total. The first-order valence-electron chi connectivity index (χ1n) is 7.38. The molecule has 2 unspecified atom stereocenters. The van der Waals surface area contributed by atoms with Crippen molar-refractivity contribution in [3.8, 4) is 0 Å². The van der Waals surface area contributed by atoms with Crippen LogP contribution in [0, 0.1) is 5.92 Å². The van der Waals surface area contributed by atoms with E-state index in [9.17, 15) is 4.79 Å². The van der Waals surface area contributed by atoms with E-state index in [0.29, 0.717) is 12.6 Å². The summed E-state index contributed by atoms with van der Waals surface area (Å²) >= 11 is 0. The summed E-state index contributed by atoms with van der Waals surface area (Å²) in [5.41, 5.74) is 0. The second kappa shape index (κ2) is 7.10. The van der Waals surface area contributed by atoms with Gasteiger partial charge in [0.25, 0.3) is 0 Å². The van der Waals surface area contributed by atoms with Crippen LogP contribution in [0.25, 0.3) is 0 Å². The maximum atomic E-state index is 11.9. The van der Waals surface area contributed by atoms with Crippen molar-refractivity contribution >= 4 is 5.91 Å². The predicted octanol–water partition coefficient (Wildman–Crippen LogP) is 1.45. The summed E-state index contributed by atoms with van der Waals surface area (Å²) in [5.74, 6) is 0.793. The van der Waals surface area contributed by atoms with E-state index in [1.807, 2.05) is 6.92 Å². The number of hydrogen-bond acceptors (Lipinski definition) is 3. The summed E-state index contributed by atoms with van der Waals surface area (Å²) in [6.07, 6.45) is 6.75. The van der Waals surface area contributed by atoms with Crippen LogP contribution in [0.4, 0.5) is 0 Å². The van der Waals surface area contributed by atoms with Crippen LogP contribution in [0.2, 0.25) is 0 Å². The first-order chi connectivity index (χ1) is 8.75. The van der Waals surface area contributed by atoms with E-state index < -0.39 is 0 Å². The second-order valence-electron chi connectivity index (χ2n) is 5.65. The Balaban J connectivity index is 1.57. The van der Waals surface area contributed by atoms with Crippen LogP contribution in [0.5, 0.6) is 0 Å². The Morgan fingerprint density at radius 3 is 2.83 bits per heavy atom. The third-order valence-electron chi connectivity index (χ3n) is 4.13. The van der Waals surface area contributed by atoms with Crippen molar-refractivity contribution in [1.82, 2.24) is 10.6 Å².